The van der Waals surface area contributed by atoms with Gasteiger partial charge < -0.3 is 10.4 Å². The molecule has 2 aromatic carbocycles. The molecule has 0 bridgehead atoms. The highest BCUT2D eigenvalue weighted by molar-refractivity contribution is 5.40. The molecule has 0 aromatic heterocycles. The number of nitrogens with one attached hydrogen (secondary N) is 1. The molecule has 1 aliphatic heterocycles. The van der Waals surface area contributed by atoms with Crippen molar-refractivity contribution in [2.75, 3.05) is 6.54 Å². The number of rotatable bonds is 3. The Labute approximate surface area is 130 Å². The predicted molar refractivity (Wildman–Crippen MR) is 76.7 cm³/mol. The van der Waals surface area contributed by atoms with Crippen LogP contribution >= 0.6 is 0 Å². The number of benzene rings is 2. The van der Waals surface area contributed by atoms with Crippen molar-refractivity contribution >= 4 is 0 Å². The molecule has 23 heavy (non-hydrogen) atoms. The minimum atomic E-state index is -2.06. The van der Waals surface area contributed by atoms with Crippen LogP contribution in [0.4, 0.5) is 17.6 Å². The van der Waals surface area contributed by atoms with E-state index in [1.54, 1.807) is 0 Å². The maximum atomic E-state index is 14.3. The van der Waals surface area contributed by atoms with Crippen molar-refractivity contribution in [2.24, 2.45) is 0 Å². The summed E-state index contributed by atoms with van der Waals surface area (Å²) < 4.78 is 54.9. The third kappa shape index (κ3) is 2.72. The van der Waals surface area contributed by atoms with Gasteiger partial charge in [-0.05, 0) is 43.7 Å². The second kappa shape index (κ2) is 5.94. The SMILES string of the molecule is OC(c1ccc(F)cc1F)(c1ccc(F)cc1F)C1CCCN1. The lowest BCUT2D eigenvalue weighted by Gasteiger charge is -2.35. The summed E-state index contributed by atoms with van der Waals surface area (Å²) >= 11 is 0. The van der Waals surface area contributed by atoms with E-state index in [2.05, 4.69) is 5.32 Å². The van der Waals surface area contributed by atoms with Crippen LogP contribution in [-0.4, -0.2) is 17.7 Å². The maximum Gasteiger partial charge on any atom is 0.135 e. The van der Waals surface area contributed by atoms with E-state index in [0.717, 1.165) is 30.7 Å². The lowest BCUT2D eigenvalue weighted by Crippen LogP contribution is -2.47. The molecular weight excluding hydrogens is 310 g/mol. The van der Waals surface area contributed by atoms with Crippen LogP contribution < -0.4 is 5.32 Å². The Hall–Kier alpha value is -1.92. The Balaban J connectivity index is 2.21. The fraction of sp³-hybridized carbons (Fsp3) is 0.294. The lowest BCUT2D eigenvalue weighted by molar-refractivity contribution is 0.0371. The van der Waals surface area contributed by atoms with E-state index in [-0.39, 0.29) is 11.1 Å². The fourth-order valence-electron chi connectivity index (χ4n) is 3.16. The standard InChI is InChI=1S/C17H15F4NO/c18-10-3-5-12(14(20)8-10)17(23,16-2-1-7-22-16)13-6-4-11(19)9-15(13)21/h3-6,8-9,16,22-23H,1-2,7H2. The van der Waals surface area contributed by atoms with Crippen molar-refractivity contribution in [3.63, 3.8) is 0 Å². The van der Waals surface area contributed by atoms with Gasteiger partial charge in [-0.3, -0.25) is 0 Å². The highest BCUT2D eigenvalue weighted by Gasteiger charge is 2.45. The molecule has 0 radical (unpaired) electrons. The first kappa shape index (κ1) is 16.0. The number of hydrogen-bond acceptors (Lipinski definition) is 2. The summed E-state index contributed by atoms with van der Waals surface area (Å²) in [4.78, 5) is 0. The van der Waals surface area contributed by atoms with Crippen molar-refractivity contribution < 1.29 is 22.7 Å². The van der Waals surface area contributed by atoms with Gasteiger partial charge in [-0.1, -0.05) is 0 Å². The average molecular weight is 325 g/mol. The quantitative estimate of drug-likeness (QED) is 0.849. The molecule has 1 atom stereocenters. The summed E-state index contributed by atoms with van der Waals surface area (Å²) in [5.41, 5.74) is -2.56. The van der Waals surface area contributed by atoms with E-state index in [1.807, 2.05) is 0 Å². The van der Waals surface area contributed by atoms with E-state index in [0.29, 0.717) is 25.1 Å². The molecule has 2 nitrogen and oxygen atoms in total. The van der Waals surface area contributed by atoms with Gasteiger partial charge in [0.2, 0.25) is 0 Å². The van der Waals surface area contributed by atoms with Crippen LogP contribution in [0.15, 0.2) is 36.4 Å². The summed E-state index contributed by atoms with van der Waals surface area (Å²) in [7, 11) is 0. The highest BCUT2D eigenvalue weighted by Crippen LogP contribution is 2.39. The van der Waals surface area contributed by atoms with Gasteiger partial charge in [-0.2, -0.15) is 0 Å². The van der Waals surface area contributed by atoms with Crippen molar-refractivity contribution in [1.29, 1.82) is 0 Å². The predicted octanol–water partition coefficient (Wildman–Crippen LogP) is 3.23. The Morgan fingerprint density at radius 1 is 0.913 bits per heavy atom. The van der Waals surface area contributed by atoms with Gasteiger partial charge in [0, 0.05) is 29.3 Å². The van der Waals surface area contributed by atoms with Crippen molar-refractivity contribution in [3.8, 4) is 0 Å². The van der Waals surface area contributed by atoms with E-state index >= 15 is 0 Å². The molecule has 122 valence electrons. The van der Waals surface area contributed by atoms with Crippen LogP contribution in [0.5, 0.6) is 0 Å². The lowest BCUT2D eigenvalue weighted by atomic mass is 9.79. The fourth-order valence-corrected chi connectivity index (χ4v) is 3.16. The molecule has 1 saturated heterocycles. The van der Waals surface area contributed by atoms with Gasteiger partial charge in [0.15, 0.2) is 0 Å². The van der Waals surface area contributed by atoms with Gasteiger partial charge in [-0.25, -0.2) is 17.6 Å². The molecule has 0 aliphatic carbocycles. The average Bonchev–Trinajstić information content (AvgIpc) is 3.01. The van der Waals surface area contributed by atoms with Crippen LogP contribution in [0.3, 0.4) is 0 Å². The third-order valence-electron chi connectivity index (χ3n) is 4.25. The van der Waals surface area contributed by atoms with Crippen LogP contribution in [-0.2, 0) is 5.60 Å². The first-order valence-electron chi connectivity index (χ1n) is 7.29. The van der Waals surface area contributed by atoms with E-state index in [1.165, 1.54) is 0 Å². The Morgan fingerprint density at radius 2 is 1.43 bits per heavy atom. The molecular formula is C17H15F4NO. The van der Waals surface area contributed by atoms with Gasteiger partial charge in [0.05, 0.1) is 0 Å². The number of aliphatic hydroxyl groups is 1. The Kier molecular flexibility index (Phi) is 4.12. The molecule has 0 spiro atoms. The summed E-state index contributed by atoms with van der Waals surface area (Å²) in [5, 5.41) is 14.2. The molecule has 1 aliphatic rings. The first-order chi connectivity index (χ1) is 10.9. The summed E-state index contributed by atoms with van der Waals surface area (Å²) in [5.74, 6) is -3.56. The molecule has 0 amide bonds. The molecule has 3 rings (SSSR count). The number of hydrogen-bond donors (Lipinski definition) is 2. The van der Waals surface area contributed by atoms with Crippen molar-refractivity contribution in [3.05, 3.63) is 70.8 Å². The zero-order valence-electron chi connectivity index (χ0n) is 12.1. The molecule has 2 aromatic rings. The second-order valence-corrected chi connectivity index (χ2v) is 5.66. The van der Waals surface area contributed by atoms with Crippen LogP contribution in [0.25, 0.3) is 0 Å². The van der Waals surface area contributed by atoms with E-state index in [9.17, 15) is 22.7 Å². The third-order valence-corrected chi connectivity index (χ3v) is 4.25. The summed E-state index contributed by atoms with van der Waals surface area (Å²) in [6.07, 6.45) is 1.20. The van der Waals surface area contributed by atoms with Gasteiger partial charge in [-0.15, -0.1) is 0 Å². The molecule has 1 heterocycles. The summed E-state index contributed by atoms with van der Waals surface area (Å²) in [6.45, 7) is 0.582. The minimum Gasteiger partial charge on any atom is -0.379 e. The largest absolute Gasteiger partial charge is 0.379 e. The number of halogens is 4. The van der Waals surface area contributed by atoms with Gasteiger partial charge in [0.25, 0.3) is 0 Å². The van der Waals surface area contributed by atoms with Crippen LogP contribution in [0.2, 0.25) is 0 Å². The molecule has 1 unspecified atom stereocenters. The molecule has 0 saturated carbocycles. The van der Waals surface area contributed by atoms with Gasteiger partial charge in [0.1, 0.15) is 28.9 Å². The zero-order valence-corrected chi connectivity index (χ0v) is 12.1. The smallest absolute Gasteiger partial charge is 0.135 e. The van der Waals surface area contributed by atoms with Crippen LogP contribution in [0.1, 0.15) is 24.0 Å². The molecule has 1 fully saturated rings. The maximum absolute atomic E-state index is 14.3. The second-order valence-electron chi connectivity index (χ2n) is 5.66. The monoisotopic (exact) mass is 325 g/mol. The normalized spacial score (nSPS) is 18.4. The Morgan fingerprint density at radius 3 is 1.83 bits per heavy atom. The van der Waals surface area contributed by atoms with Crippen molar-refractivity contribution in [1.82, 2.24) is 5.32 Å². The topological polar surface area (TPSA) is 32.3 Å². The molecule has 6 heteroatoms. The highest BCUT2D eigenvalue weighted by atomic mass is 19.1. The zero-order chi connectivity index (χ0) is 16.6. The first-order valence-corrected chi connectivity index (χ1v) is 7.29. The van der Waals surface area contributed by atoms with Crippen molar-refractivity contribution in [2.45, 2.75) is 24.5 Å². The van der Waals surface area contributed by atoms with E-state index < -0.39 is 34.9 Å². The van der Waals surface area contributed by atoms with Gasteiger partial charge >= 0.3 is 0 Å². The van der Waals surface area contributed by atoms with E-state index in [4.69, 9.17) is 0 Å². The summed E-state index contributed by atoms with van der Waals surface area (Å²) in [6, 6.07) is 4.79. The Bertz CT molecular complexity index is 677. The molecule has 2 N–H and O–H groups in total. The minimum absolute atomic E-state index is 0.246. The van der Waals surface area contributed by atoms with Crippen LogP contribution in [0, 0.1) is 23.3 Å².